The highest BCUT2D eigenvalue weighted by Crippen LogP contribution is 1.93. The predicted molar refractivity (Wildman–Crippen MR) is 65.2 cm³/mol. The maximum Gasteiger partial charge on any atom is 0.314 e. The average molecular weight is 254 g/mol. The Kier molecular flexibility index (Phi) is 6.31. The third-order valence-corrected chi connectivity index (χ3v) is 2.34. The van der Waals surface area contributed by atoms with E-state index in [0.29, 0.717) is 32.4 Å². The Bertz CT molecular complexity index is 364. The molecule has 0 bridgehead atoms. The predicted octanol–water partition coefficient (Wildman–Crippen LogP) is 0.506. The number of imidazole rings is 1. The van der Waals surface area contributed by atoms with Crippen LogP contribution in [0.1, 0.15) is 25.0 Å². The van der Waals surface area contributed by atoms with Crippen LogP contribution in [-0.2, 0) is 11.2 Å². The second-order valence-electron chi connectivity index (χ2n) is 3.86. The van der Waals surface area contributed by atoms with Gasteiger partial charge >= 0.3 is 12.0 Å². The van der Waals surface area contributed by atoms with Crippen molar-refractivity contribution in [2.45, 2.75) is 25.7 Å². The van der Waals surface area contributed by atoms with Crippen LogP contribution in [0.2, 0.25) is 0 Å². The van der Waals surface area contributed by atoms with Gasteiger partial charge in [-0.2, -0.15) is 0 Å². The van der Waals surface area contributed by atoms with Gasteiger partial charge in [-0.25, -0.2) is 9.78 Å². The van der Waals surface area contributed by atoms with E-state index in [0.717, 1.165) is 5.69 Å². The van der Waals surface area contributed by atoms with Gasteiger partial charge in [0.05, 0.1) is 6.33 Å². The summed E-state index contributed by atoms with van der Waals surface area (Å²) in [7, 11) is 0. The summed E-state index contributed by atoms with van der Waals surface area (Å²) >= 11 is 0. The van der Waals surface area contributed by atoms with Crippen LogP contribution in [-0.4, -0.2) is 40.2 Å². The lowest BCUT2D eigenvalue weighted by atomic mass is 10.2. The van der Waals surface area contributed by atoms with Crippen molar-refractivity contribution in [1.82, 2.24) is 20.6 Å². The molecule has 1 rings (SSSR count). The number of carboxylic acids is 1. The minimum atomic E-state index is -0.806. The molecule has 0 spiro atoms. The number of nitrogens with zero attached hydrogens (tertiary/aromatic N) is 1. The van der Waals surface area contributed by atoms with Crippen molar-refractivity contribution in [3.8, 4) is 0 Å². The molecule has 0 radical (unpaired) electrons. The maximum atomic E-state index is 11.3. The number of carbonyl (C=O) groups is 2. The number of aromatic amines is 1. The second-order valence-corrected chi connectivity index (χ2v) is 3.86. The highest BCUT2D eigenvalue weighted by atomic mass is 16.4. The smallest absolute Gasteiger partial charge is 0.314 e. The van der Waals surface area contributed by atoms with E-state index in [9.17, 15) is 9.59 Å². The van der Waals surface area contributed by atoms with Gasteiger partial charge in [-0.05, 0) is 12.8 Å². The van der Waals surface area contributed by atoms with Crippen molar-refractivity contribution in [1.29, 1.82) is 0 Å². The molecule has 7 heteroatoms. The van der Waals surface area contributed by atoms with Gasteiger partial charge in [-0.15, -0.1) is 0 Å². The van der Waals surface area contributed by atoms with E-state index in [1.807, 2.05) is 0 Å². The highest BCUT2D eigenvalue weighted by Gasteiger charge is 2.00. The Morgan fingerprint density at radius 2 is 2.06 bits per heavy atom. The van der Waals surface area contributed by atoms with Crippen LogP contribution >= 0.6 is 0 Å². The van der Waals surface area contributed by atoms with Gasteiger partial charge in [0.25, 0.3) is 0 Å². The normalized spacial score (nSPS) is 10.0. The molecule has 0 aliphatic rings. The number of carboxylic acid groups (broad SMARTS) is 1. The highest BCUT2D eigenvalue weighted by molar-refractivity contribution is 5.73. The molecule has 1 aromatic rings. The molecule has 0 atom stereocenters. The number of aliphatic carboxylic acids is 1. The Morgan fingerprint density at radius 1 is 1.28 bits per heavy atom. The summed E-state index contributed by atoms with van der Waals surface area (Å²) < 4.78 is 0. The van der Waals surface area contributed by atoms with Crippen molar-refractivity contribution in [2.75, 3.05) is 13.1 Å². The Balaban J connectivity index is 1.95. The lowest BCUT2D eigenvalue weighted by molar-refractivity contribution is -0.137. The van der Waals surface area contributed by atoms with Gasteiger partial charge in [0.2, 0.25) is 0 Å². The molecule has 1 heterocycles. The first-order valence-corrected chi connectivity index (χ1v) is 5.89. The summed E-state index contributed by atoms with van der Waals surface area (Å²) in [6, 6.07) is -0.232. The molecule has 0 aromatic carbocycles. The van der Waals surface area contributed by atoms with E-state index >= 15 is 0 Å². The zero-order valence-electron chi connectivity index (χ0n) is 10.1. The average Bonchev–Trinajstić information content (AvgIpc) is 2.81. The van der Waals surface area contributed by atoms with E-state index in [-0.39, 0.29) is 12.5 Å². The van der Waals surface area contributed by atoms with E-state index in [1.165, 1.54) is 0 Å². The van der Waals surface area contributed by atoms with E-state index in [2.05, 4.69) is 20.6 Å². The molecule has 0 fully saturated rings. The third-order valence-electron chi connectivity index (χ3n) is 2.34. The zero-order chi connectivity index (χ0) is 13.2. The Labute approximate surface area is 105 Å². The molecule has 0 aliphatic heterocycles. The minimum Gasteiger partial charge on any atom is -0.481 e. The van der Waals surface area contributed by atoms with Crippen LogP contribution in [0, 0.1) is 0 Å². The zero-order valence-corrected chi connectivity index (χ0v) is 10.1. The molecular formula is C11H18N4O3. The minimum absolute atomic E-state index is 0.142. The molecule has 18 heavy (non-hydrogen) atoms. The Hall–Kier alpha value is -2.05. The SMILES string of the molecule is O=C(O)CCCCNC(=O)NCCc1cnc[nH]1. The summed E-state index contributed by atoms with van der Waals surface area (Å²) in [6.45, 7) is 1.02. The summed E-state index contributed by atoms with van der Waals surface area (Å²) in [6.07, 6.45) is 5.39. The van der Waals surface area contributed by atoms with Gasteiger partial charge in [-0.3, -0.25) is 4.79 Å². The summed E-state index contributed by atoms with van der Waals surface area (Å²) in [5.41, 5.74) is 0.969. The van der Waals surface area contributed by atoms with Crippen molar-refractivity contribution >= 4 is 12.0 Å². The summed E-state index contributed by atoms with van der Waals surface area (Å²) in [5, 5.41) is 13.8. The quantitative estimate of drug-likeness (QED) is 0.507. The molecule has 7 nitrogen and oxygen atoms in total. The van der Waals surface area contributed by atoms with Crippen molar-refractivity contribution in [2.24, 2.45) is 0 Å². The number of unbranched alkanes of at least 4 members (excludes halogenated alkanes) is 1. The van der Waals surface area contributed by atoms with Gasteiger partial charge in [-0.1, -0.05) is 0 Å². The molecular weight excluding hydrogens is 236 g/mol. The molecule has 0 saturated carbocycles. The fraction of sp³-hybridized carbons (Fsp3) is 0.545. The first kappa shape index (κ1) is 14.0. The first-order valence-electron chi connectivity index (χ1n) is 5.89. The number of amides is 2. The number of urea groups is 1. The topological polar surface area (TPSA) is 107 Å². The van der Waals surface area contributed by atoms with Gasteiger partial charge in [0.1, 0.15) is 0 Å². The number of nitrogens with one attached hydrogen (secondary N) is 3. The number of hydrogen-bond acceptors (Lipinski definition) is 3. The third kappa shape index (κ3) is 6.51. The van der Waals surface area contributed by atoms with Crippen molar-refractivity contribution in [3.05, 3.63) is 18.2 Å². The Morgan fingerprint density at radius 3 is 2.72 bits per heavy atom. The first-order chi connectivity index (χ1) is 8.68. The fourth-order valence-corrected chi connectivity index (χ4v) is 1.40. The maximum absolute atomic E-state index is 11.3. The molecule has 2 amide bonds. The molecule has 0 unspecified atom stereocenters. The standard InChI is InChI=1S/C11H18N4O3/c16-10(17)3-1-2-5-13-11(18)14-6-4-9-7-12-8-15-9/h7-8H,1-6H2,(H,12,15)(H,16,17)(H2,13,14,18). The van der Waals surface area contributed by atoms with Gasteiger partial charge in [0.15, 0.2) is 0 Å². The number of carbonyl (C=O) groups excluding carboxylic acids is 1. The summed E-state index contributed by atoms with van der Waals surface area (Å²) in [5.74, 6) is -0.806. The number of rotatable bonds is 8. The molecule has 4 N–H and O–H groups in total. The molecule has 0 aliphatic carbocycles. The van der Waals surface area contributed by atoms with Crippen LogP contribution < -0.4 is 10.6 Å². The van der Waals surface area contributed by atoms with Crippen LogP contribution in [0.3, 0.4) is 0 Å². The second kappa shape index (κ2) is 8.10. The largest absolute Gasteiger partial charge is 0.481 e. The van der Waals surface area contributed by atoms with Crippen molar-refractivity contribution in [3.63, 3.8) is 0 Å². The van der Waals surface area contributed by atoms with Crippen LogP contribution in [0.5, 0.6) is 0 Å². The lowest BCUT2D eigenvalue weighted by Crippen LogP contribution is -2.37. The lowest BCUT2D eigenvalue weighted by Gasteiger charge is -2.06. The van der Waals surface area contributed by atoms with Crippen LogP contribution in [0.4, 0.5) is 4.79 Å². The molecule has 1 aromatic heterocycles. The molecule has 0 saturated heterocycles. The van der Waals surface area contributed by atoms with Crippen LogP contribution in [0.25, 0.3) is 0 Å². The fourth-order valence-electron chi connectivity index (χ4n) is 1.40. The number of hydrogen-bond donors (Lipinski definition) is 4. The van der Waals surface area contributed by atoms with E-state index in [1.54, 1.807) is 12.5 Å². The number of aromatic nitrogens is 2. The van der Waals surface area contributed by atoms with Gasteiger partial charge in [0, 0.05) is 37.8 Å². The monoisotopic (exact) mass is 254 g/mol. The van der Waals surface area contributed by atoms with Gasteiger partial charge < -0.3 is 20.7 Å². The van der Waals surface area contributed by atoms with Crippen molar-refractivity contribution < 1.29 is 14.7 Å². The van der Waals surface area contributed by atoms with E-state index in [4.69, 9.17) is 5.11 Å². The molecule has 100 valence electrons. The van der Waals surface area contributed by atoms with E-state index < -0.39 is 5.97 Å². The number of H-pyrrole nitrogens is 1. The van der Waals surface area contributed by atoms with Crippen LogP contribution in [0.15, 0.2) is 12.5 Å². The summed E-state index contributed by atoms with van der Waals surface area (Å²) in [4.78, 5) is 28.4.